The summed E-state index contributed by atoms with van der Waals surface area (Å²) in [6.45, 7) is 11.1. The van der Waals surface area contributed by atoms with Crippen LogP contribution in [0.4, 0.5) is 5.69 Å². The van der Waals surface area contributed by atoms with E-state index in [9.17, 15) is 4.79 Å². The number of ketones is 1. The second-order valence-corrected chi connectivity index (χ2v) is 9.66. The van der Waals surface area contributed by atoms with Gasteiger partial charge in [0.25, 0.3) is 0 Å². The first kappa shape index (κ1) is 23.9. The minimum absolute atomic E-state index is 0. The molecule has 1 saturated heterocycles. The zero-order chi connectivity index (χ0) is 23.9. The Hall–Kier alpha value is -3.20. The molecule has 0 amide bonds. The Labute approximate surface area is 206 Å². The van der Waals surface area contributed by atoms with E-state index in [1.54, 1.807) is 12.3 Å². The number of hydrogen-bond donors (Lipinski definition) is 0. The van der Waals surface area contributed by atoms with Gasteiger partial charge in [-0.2, -0.15) is 0 Å². The lowest BCUT2D eigenvalue weighted by atomic mass is 9.82. The first-order valence-electron chi connectivity index (χ1n) is 12.6. The van der Waals surface area contributed by atoms with Gasteiger partial charge in [0.2, 0.25) is 0 Å². The van der Waals surface area contributed by atoms with Crippen LogP contribution in [0.1, 0.15) is 45.8 Å². The van der Waals surface area contributed by atoms with E-state index < -0.39 is 0 Å². The minimum Gasteiger partial charge on any atom is -0.372 e. The van der Waals surface area contributed by atoms with Crippen molar-refractivity contribution in [1.82, 2.24) is 4.98 Å². The highest BCUT2D eigenvalue weighted by Gasteiger charge is 2.25. The van der Waals surface area contributed by atoms with Gasteiger partial charge in [-0.25, -0.2) is 0 Å². The molecule has 3 nitrogen and oxygen atoms in total. The van der Waals surface area contributed by atoms with Gasteiger partial charge < -0.3 is 4.90 Å². The summed E-state index contributed by atoms with van der Waals surface area (Å²) in [5, 5.41) is 0. The van der Waals surface area contributed by atoms with Gasteiger partial charge in [0, 0.05) is 38.5 Å². The molecule has 2 aliphatic rings. The minimum atomic E-state index is -0.241. The lowest BCUT2D eigenvalue weighted by Gasteiger charge is -2.33. The highest BCUT2D eigenvalue weighted by Crippen LogP contribution is 2.29. The molecule has 1 aliphatic carbocycles. The van der Waals surface area contributed by atoms with Gasteiger partial charge >= 0.3 is 0 Å². The Morgan fingerprint density at radius 1 is 1.15 bits per heavy atom. The number of anilines is 1. The Kier molecular flexibility index (Phi) is 7.95. The third-order valence-corrected chi connectivity index (χ3v) is 7.23. The van der Waals surface area contributed by atoms with E-state index >= 15 is 0 Å². The summed E-state index contributed by atoms with van der Waals surface area (Å²) >= 11 is 0. The van der Waals surface area contributed by atoms with Gasteiger partial charge in [-0.05, 0) is 79.2 Å². The van der Waals surface area contributed by atoms with Gasteiger partial charge in [0.05, 0.1) is 5.92 Å². The lowest BCUT2D eigenvalue weighted by Crippen LogP contribution is -2.33. The third-order valence-electron chi connectivity index (χ3n) is 7.23. The molecule has 1 fully saturated rings. The SMILES string of the molecule is C=C1/C(=C\C=C(/C)Cc2ccc(N3CCC(CC)CC3)cc2)C=CC(=O)C1Cc1ccccn1.[HH]. The van der Waals surface area contributed by atoms with Crippen molar-refractivity contribution in [2.75, 3.05) is 18.0 Å². The van der Waals surface area contributed by atoms with Crippen LogP contribution in [-0.2, 0) is 17.6 Å². The number of pyridine rings is 1. The van der Waals surface area contributed by atoms with Crippen LogP contribution in [0.5, 0.6) is 0 Å². The molecule has 1 atom stereocenters. The average Bonchev–Trinajstić information content (AvgIpc) is 2.87. The highest BCUT2D eigenvalue weighted by molar-refractivity contribution is 5.97. The predicted molar refractivity (Wildman–Crippen MR) is 144 cm³/mol. The van der Waals surface area contributed by atoms with Crippen LogP contribution in [0.25, 0.3) is 0 Å². The predicted octanol–water partition coefficient (Wildman–Crippen LogP) is 6.92. The first-order chi connectivity index (χ1) is 16.5. The van der Waals surface area contributed by atoms with Crippen molar-refractivity contribution in [2.24, 2.45) is 11.8 Å². The summed E-state index contributed by atoms with van der Waals surface area (Å²) in [6.07, 6.45) is 15.0. The van der Waals surface area contributed by atoms with Crippen LogP contribution >= 0.6 is 0 Å². The summed E-state index contributed by atoms with van der Waals surface area (Å²) in [5.74, 6) is 0.762. The molecule has 0 radical (unpaired) electrons. The van der Waals surface area contributed by atoms with Crippen molar-refractivity contribution in [3.63, 3.8) is 0 Å². The Morgan fingerprint density at radius 3 is 2.59 bits per heavy atom. The fraction of sp³-hybridized carbons (Fsp3) is 0.355. The van der Waals surface area contributed by atoms with Crippen LogP contribution < -0.4 is 4.90 Å². The molecule has 1 aliphatic heterocycles. The second kappa shape index (κ2) is 11.3. The maximum atomic E-state index is 12.5. The van der Waals surface area contributed by atoms with Crippen LogP contribution in [0.2, 0.25) is 0 Å². The largest absolute Gasteiger partial charge is 0.372 e. The zero-order valence-electron chi connectivity index (χ0n) is 20.5. The normalized spacial score (nSPS) is 20.9. The number of benzene rings is 1. The van der Waals surface area contributed by atoms with E-state index in [1.165, 1.54) is 49.2 Å². The molecule has 1 aromatic carbocycles. The summed E-state index contributed by atoms with van der Waals surface area (Å²) < 4.78 is 0. The molecule has 0 saturated carbocycles. The van der Waals surface area contributed by atoms with Crippen molar-refractivity contribution < 1.29 is 6.22 Å². The standard InChI is InChI=1S/C31H36N2O.H2/c1-4-25-16-19-33(20-17-25)29-13-9-26(10-14-29)21-23(2)8-11-27-12-15-31(34)30(24(27)3)22-28-7-5-6-18-32-28;/h5-15,18,25,30H,3-4,16-17,19-22H2,1-2H3;1H/b23-8+,27-11-;. The molecule has 2 aromatic rings. The molecule has 1 unspecified atom stereocenters. The number of allylic oxidation sites excluding steroid dienone is 7. The molecule has 1 aromatic heterocycles. The number of hydrogen-bond acceptors (Lipinski definition) is 3. The summed E-state index contributed by atoms with van der Waals surface area (Å²) in [7, 11) is 0. The zero-order valence-corrected chi connectivity index (χ0v) is 20.5. The molecular weight excluding hydrogens is 416 g/mol. The molecule has 4 rings (SSSR count). The summed E-state index contributed by atoms with van der Waals surface area (Å²) in [4.78, 5) is 19.4. The summed E-state index contributed by atoms with van der Waals surface area (Å²) in [6, 6.07) is 14.9. The third kappa shape index (κ3) is 6.02. The Balaban J connectivity index is 0.00000342. The van der Waals surface area contributed by atoms with E-state index in [0.717, 1.165) is 29.2 Å². The molecule has 34 heavy (non-hydrogen) atoms. The fourth-order valence-corrected chi connectivity index (χ4v) is 4.92. The Bertz CT molecular complexity index is 1090. The van der Waals surface area contributed by atoms with Gasteiger partial charge in [-0.15, -0.1) is 0 Å². The van der Waals surface area contributed by atoms with Crippen LogP contribution in [-0.4, -0.2) is 23.9 Å². The number of carbonyl (C=O) groups excluding carboxylic acids is 1. The van der Waals surface area contributed by atoms with Crippen LogP contribution in [0.15, 0.2) is 96.3 Å². The van der Waals surface area contributed by atoms with E-state index in [1.807, 2.05) is 24.3 Å². The Morgan fingerprint density at radius 2 is 1.91 bits per heavy atom. The van der Waals surface area contributed by atoms with Crippen LogP contribution in [0.3, 0.4) is 0 Å². The maximum Gasteiger partial charge on any atom is 0.163 e. The molecule has 0 spiro atoms. The topological polar surface area (TPSA) is 33.2 Å². The first-order valence-corrected chi connectivity index (χ1v) is 12.6. The van der Waals surface area contributed by atoms with Gasteiger partial charge in [-0.1, -0.05) is 61.9 Å². The summed E-state index contributed by atoms with van der Waals surface area (Å²) in [5.41, 5.74) is 6.75. The monoisotopic (exact) mass is 454 g/mol. The quantitative estimate of drug-likeness (QED) is 0.455. The molecular formula is C31H38N2O. The van der Waals surface area contributed by atoms with Crippen molar-refractivity contribution in [1.29, 1.82) is 0 Å². The van der Waals surface area contributed by atoms with Crippen LogP contribution in [0, 0.1) is 11.8 Å². The number of nitrogens with zero attached hydrogens (tertiary/aromatic N) is 2. The average molecular weight is 455 g/mol. The van der Waals surface area contributed by atoms with E-state index in [-0.39, 0.29) is 13.1 Å². The second-order valence-electron chi connectivity index (χ2n) is 9.66. The molecule has 178 valence electrons. The number of rotatable bonds is 7. The smallest absolute Gasteiger partial charge is 0.163 e. The van der Waals surface area contributed by atoms with Crippen molar-refractivity contribution in [3.05, 3.63) is 108 Å². The number of piperidine rings is 1. The maximum absolute atomic E-state index is 12.5. The van der Waals surface area contributed by atoms with Crippen molar-refractivity contribution in [2.45, 2.75) is 46.0 Å². The fourth-order valence-electron chi connectivity index (χ4n) is 4.92. The van der Waals surface area contributed by atoms with E-state index in [2.05, 4.69) is 66.7 Å². The van der Waals surface area contributed by atoms with Gasteiger partial charge in [0.1, 0.15) is 0 Å². The van der Waals surface area contributed by atoms with Crippen molar-refractivity contribution in [3.8, 4) is 0 Å². The van der Waals surface area contributed by atoms with E-state index in [0.29, 0.717) is 6.42 Å². The van der Waals surface area contributed by atoms with Gasteiger partial charge in [0.15, 0.2) is 5.78 Å². The highest BCUT2D eigenvalue weighted by atomic mass is 16.1. The lowest BCUT2D eigenvalue weighted by molar-refractivity contribution is -0.117. The molecule has 3 heteroatoms. The number of carbonyl (C=O) groups is 1. The molecule has 0 bridgehead atoms. The molecule has 2 heterocycles. The van der Waals surface area contributed by atoms with Gasteiger partial charge in [-0.3, -0.25) is 9.78 Å². The van der Waals surface area contributed by atoms with E-state index in [4.69, 9.17) is 0 Å². The number of aromatic nitrogens is 1. The molecule has 0 N–H and O–H groups in total. The van der Waals surface area contributed by atoms with Crippen molar-refractivity contribution >= 4 is 11.5 Å².